The molecule has 26 heavy (non-hydrogen) atoms. The number of hydrogen-bond donors (Lipinski definition) is 1. The van der Waals surface area contributed by atoms with Crippen molar-refractivity contribution in [2.24, 2.45) is 0 Å². The standard InChI is InChI=1S/C22H24N2O2/c1-3-4-7-14-26-22(25)17-10-12-18(13-11-17)24-21-15-16(2)23-20-9-6-5-8-19(20)21/h5-6,8-13,15H,3-4,7,14H2,1-2H3,(H,23,24). The first kappa shape index (κ1) is 17.9. The number of ether oxygens (including phenoxy) is 1. The number of nitrogens with zero attached hydrogens (tertiary/aromatic N) is 1. The Bertz CT molecular complexity index is 888. The van der Waals surface area contributed by atoms with Gasteiger partial charge in [0, 0.05) is 22.5 Å². The highest BCUT2D eigenvalue weighted by Gasteiger charge is 2.08. The smallest absolute Gasteiger partial charge is 0.338 e. The quantitative estimate of drug-likeness (QED) is 0.444. The first-order valence-electron chi connectivity index (χ1n) is 9.08. The summed E-state index contributed by atoms with van der Waals surface area (Å²) in [5.74, 6) is -0.266. The number of aryl methyl sites for hydroxylation is 1. The van der Waals surface area contributed by atoms with Gasteiger partial charge in [0.2, 0.25) is 0 Å². The van der Waals surface area contributed by atoms with Crippen molar-refractivity contribution in [3.05, 3.63) is 65.9 Å². The molecular formula is C22H24N2O2. The Labute approximate surface area is 154 Å². The zero-order valence-corrected chi connectivity index (χ0v) is 15.3. The normalized spacial score (nSPS) is 10.7. The summed E-state index contributed by atoms with van der Waals surface area (Å²) in [5, 5.41) is 4.49. The molecule has 1 aromatic heterocycles. The van der Waals surface area contributed by atoms with Gasteiger partial charge in [0.1, 0.15) is 0 Å². The van der Waals surface area contributed by atoms with Crippen LogP contribution in [-0.4, -0.2) is 17.6 Å². The maximum absolute atomic E-state index is 12.0. The molecule has 2 aromatic carbocycles. The van der Waals surface area contributed by atoms with Crippen LogP contribution >= 0.6 is 0 Å². The Balaban J connectivity index is 1.71. The number of nitrogens with one attached hydrogen (secondary N) is 1. The van der Waals surface area contributed by atoms with Crippen LogP contribution in [0.15, 0.2) is 54.6 Å². The lowest BCUT2D eigenvalue weighted by Crippen LogP contribution is -2.06. The Kier molecular flexibility index (Phi) is 5.84. The molecule has 0 bridgehead atoms. The molecule has 1 N–H and O–H groups in total. The minimum atomic E-state index is -0.266. The van der Waals surface area contributed by atoms with Crippen LogP contribution in [0.3, 0.4) is 0 Å². The van der Waals surface area contributed by atoms with Crippen molar-refractivity contribution in [3.63, 3.8) is 0 Å². The Morgan fingerprint density at radius 3 is 2.62 bits per heavy atom. The average molecular weight is 348 g/mol. The summed E-state index contributed by atoms with van der Waals surface area (Å²) < 4.78 is 5.29. The van der Waals surface area contributed by atoms with Gasteiger partial charge in [-0.15, -0.1) is 0 Å². The molecular weight excluding hydrogens is 324 g/mol. The third kappa shape index (κ3) is 4.39. The number of fused-ring (bicyclic) bond motifs is 1. The number of hydrogen-bond acceptors (Lipinski definition) is 4. The van der Waals surface area contributed by atoms with E-state index < -0.39 is 0 Å². The van der Waals surface area contributed by atoms with Gasteiger partial charge in [-0.2, -0.15) is 0 Å². The van der Waals surface area contributed by atoms with E-state index in [4.69, 9.17) is 4.74 Å². The van der Waals surface area contributed by atoms with Crippen molar-refractivity contribution < 1.29 is 9.53 Å². The number of anilines is 2. The Morgan fingerprint density at radius 1 is 1.08 bits per heavy atom. The van der Waals surface area contributed by atoms with Crippen molar-refractivity contribution in [1.29, 1.82) is 0 Å². The predicted octanol–water partition coefficient (Wildman–Crippen LogP) is 5.63. The van der Waals surface area contributed by atoms with Crippen LogP contribution in [0.1, 0.15) is 42.2 Å². The van der Waals surface area contributed by atoms with Crippen molar-refractivity contribution in [2.75, 3.05) is 11.9 Å². The van der Waals surface area contributed by atoms with Gasteiger partial charge in [-0.05, 0) is 49.7 Å². The summed E-state index contributed by atoms with van der Waals surface area (Å²) in [4.78, 5) is 16.6. The van der Waals surface area contributed by atoms with E-state index in [0.717, 1.165) is 47.2 Å². The molecule has 134 valence electrons. The SMILES string of the molecule is CCCCCOC(=O)c1ccc(Nc2cc(C)nc3ccccc23)cc1. The Morgan fingerprint density at radius 2 is 1.85 bits per heavy atom. The molecule has 1 heterocycles. The second-order valence-electron chi connectivity index (χ2n) is 6.37. The number of carbonyl (C=O) groups excluding carboxylic acids is 1. The van der Waals surface area contributed by atoms with Crippen LogP contribution in [-0.2, 0) is 4.74 Å². The van der Waals surface area contributed by atoms with Crippen LogP contribution in [0, 0.1) is 6.92 Å². The first-order chi connectivity index (χ1) is 12.7. The molecule has 0 radical (unpaired) electrons. The van der Waals surface area contributed by atoms with Crippen LogP contribution in [0.4, 0.5) is 11.4 Å². The zero-order valence-electron chi connectivity index (χ0n) is 15.3. The summed E-state index contributed by atoms with van der Waals surface area (Å²) in [6, 6.07) is 17.4. The number of carbonyl (C=O) groups is 1. The van der Waals surface area contributed by atoms with E-state index >= 15 is 0 Å². The summed E-state index contributed by atoms with van der Waals surface area (Å²) in [5.41, 5.74) is 4.41. The lowest BCUT2D eigenvalue weighted by molar-refractivity contribution is 0.0498. The molecule has 0 saturated heterocycles. The highest BCUT2D eigenvalue weighted by molar-refractivity contribution is 5.94. The molecule has 0 saturated carbocycles. The summed E-state index contributed by atoms with van der Waals surface area (Å²) >= 11 is 0. The first-order valence-corrected chi connectivity index (χ1v) is 9.08. The van der Waals surface area contributed by atoms with Gasteiger partial charge in [-0.25, -0.2) is 4.79 Å². The van der Waals surface area contributed by atoms with Crippen molar-refractivity contribution in [3.8, 4) is 0 Å². The minimum absolute atomic E-state index is 0.266. The van der Waals surface area contributed by atoms with Gasteiger partial charge in [0.15, 0.2) is 0 Å². The number of rotatable bonds is 7. The van der Waals surface area contributed by atoms with Gasteiger partial charge < -0.3 is 10.1 Å². The molecule has 0 spiro atoms. The van der Waals surface area contributed by atoms with E-state index in [9.17, 15) is 4.79 Å². The largest absolute Gasteiger partial charge is 0.462 e. The number of esters is 1. The summed E-state index contributed by atoms with van der Waals surface area (Å²) in [7, 11) is 0. The molecule has 4 nitrogen and oxygen atoms in total. The Hall–Kier alpha value is -2.88. The van der Waals surface area contributed by atoms with E-state index in [2.05, 4.69) is 17.2 Å². The third-order valence-corrected chi connectivity index (χ3v) is 4.22. The second-order valence-corrected chi connectivity index (χ2v) is 6.37. The van der Waals surface area contributed by atoms with E-state index in [1.165, 1.54) is 0 Å². The van der Waals surface area contributed by atoms with Crippen LogP contribution < -0.4 is 5.32 Å². The van der Waals surface area contributed by atoms with Crippen LogP contribution in [0.5, 0.6) is 0 Å². The molecule has 3 aromatic rings. The second kappa shape index (κ2) is 8.48. The third-order valence-electron chi connectivity index (χ3n) is 4.22. The fraction of sp³-hybridized carbons (Fsp3) is 0.273. The zero-order chi connectivity index (χ0) is 18.4. The van der Waals surface area contributed by atoms with Gasteiger partial charge in [-0.3, -0.25) is 4.98 Å². The average Bonchev–Trinajstić information content (AvgIpc) is 2.65. The minimum Gasteiger partial charge on any atom is -0.462 e. The van der Waals surface area contributed by atoms with Crippen LogP contribution in [0.25, 0.3) is 10.9 Å². The number of aromatic nitrogens is 1. The monoisotopic (exact) mass is 348 g/mol. The summed E-state index contributed by atoms with van der Waals surface area (Å²) in [6.45, 7) is 4.59. The summed E-state index contributed by atoms with van der Waals surface area (Å²) in [6.07, 6.45) is 3.10. The van der Waals surface area contributed by atoms with E-state index in [-0.39, 0.29) is 5.97 Å². The topological polar surface area (TPSA) is 51.2 Å². The van der Waals surface area contributed by atoms with Crippen molar-refractivity contribution in [2.45, 2.75) is 33.1 Å². The van der Waals surface area contributed by atoms with Gasteiger partial charge in [0.25, 0.3) is 0 Å². The molecule has 0 unspecified atom stereocenters. The molecule has 0 amide bonds. The number of unbranched alkanes of at least 4 members (excludes halogenated alkanes) is 2. The van der Waals surface area contributed by atoms with Gasteiger partial charge >= 0.3 is 5.97 Å². The molecule has 4 heteroatoms. The fourth-order valence-corrected chi connectivity index (χ4v) is 2.86. The van der Waals surface area contributed by atoms with E-state index in [1.54, 1.807) is 12.1 Å². The molecule has 0 fully saturated rings. The number of benzene rings is 2. The molecule has 0 atom stereocenters. The molecule has 3 rings (SSSR count). The van der Waals surface area contributed by atoms with Gasteiger partial charge in [-0.1, -0.05) is 38.0 Å². The molecule has 0 aliphatic carbocycles. The highest BCUT2D eigenvalue weighted by atomic mass is 16.5. The molecule has 0 aliphatic heterocycles. The van der Waals surface area contributed by atoms with E-state index in [1.807, 2.05) is 49.4 Å². The maximum Gasteiger partial charge on any atom is 0.338 e. The van der Waals surface area contributed by atoms with E-state index in [0.29, 0.717) is 12.2 Å². The lowest BCUT2D eigenvalue weighted by atomic mass is 10.1. The maximum atomic E-state index is 12.0. The number of para-hydroxylation sites is 1. The lowest BCUT2D eigenvalue weighted by Gasteiger charge is -2.11. The number of pyridine rings is 1. The van der Waals surface area contributed by atoms with Gasteiger partial charge in [0.05, 0.1) is 17.7 Å². The fourth-order valence-electron chi connectivity index (χ4n) is 2.86. The van der Waals surface area contributed by atoms with Crippen molar-refractivity contribution in [1.82, 2.24) is 4.98 Å². The predicted molar refractivity (Wildman–Crippen MR) is 106 cm³/mol. The van der Waals surface area contributed by atoms with Crippen molar-refractivity contribution >= 4 is 28.2 Å². The highest BCUT2D eigenvalue weighted by Crippen LogP contribution is 2.26. The molecule has 0 aliphatic rings. The van der Waals surface area contributed by atoms with Crippen LogP contribution in [0.2, 0.25) is 0 Å².